The number of alkyl halides is 3. The number of hydrogen-bond acceptors (Lipinski definition) is 3. The molecule has 1 aliphatic rings. The van der Waals surface area contributed by atoms with Crippen LogP contribution in [0.5, 0.6) is 0 Å². The first kappa shape index (κ1) is 20.4. The third kappa shape index (κ3) is 3.69. The van der Waals surface area contributed by atoms with Gasteiger partial charge in [-0.3, -0.25) is 14.3 Å². The van der Waals surface area contributed by atoms with E-state index in [4.69, 9.17) is 35.4 Å². The highest BCUT2D eigenvalue weighted by Crippen LogP contribution is 2.38. The van der Waals surface area contributed by atoms with Crippen molar-refractivity contribution in [3.63, 3.8) is 0 Å². The number of nitrogens with zero attached hydrogens (tertiary/aromatic N) is 2. The molecule has 29 heavy (non-hydrogen) atoms. The highest BCUT2D eigenvalue weighted by Gasteiger charge is 2.36. The summed E-state index contributed by atoms with van der Waals surface area (Å²) in [4.78, 5) is 19.3. The maximum absolute atomic E-state index is 13.9. The third-order valence-corrected chi connectivity index (χ3v) is 6.14. The van der Waals surface area contributed by atoms with Crippen molar-refractivity contribution in [1.82, 2.24) is 14.5 Å². The first-order valence-electron chi connectivity index (χ1n) is 8.89. The molecule has 0 spiro atoms. The second-order valence-corrected chi connectivity index (χ2v) is 8.15. The first-order valence-corrected chi connectivity index (χ1v) is 10.1. The molecule has 4 nitrogen and oxygen atoms in total. The van der Waals surface area contributed by atoms with Gasteiger partial charge in [0.15, 0.2) is 4.77 Å². The molecule has 0 aliphatic heterocycles. The molecule has 1 aromatic carbocycles. The molecule has 0 amide bonds. The average molecular weight is 460 g/mol. The number of rotatable bonds is 2. The SMILES string of the molecule is O=c1[nH]c(=S)n(C2CCCC2)c2nc(-c3ccc(Cl)c(Cl)c3)cc(C(F)(F)F)c12. The van der Waals surface area contributed by atoms with E-state index in [0.717, 1.165) is 31.7 Å². The van der Waals surface area contributed by atoms with Crippen LogP contribution in [0.25, 0.3) is 22.3 Å². The number of pyridine rings is 1. The Balaban J connectivity index is 2.11. The van der Waals surface area contributed by atoms with Crippen LogP contribution in [0.4, 0.5) is 13.2 Å². The van der Waals surface area contributed by atoms with E-state index in [1.807, 2.05) is 0 Å². The molecule has 3 aromatic rings. The van der Waals surface area contributed by atoms with Crippen LogP contribution in [-0.2, 0) is 6.18 Å². The number of benzene rings is 1. The molecule has 1 aliphatic carbocycles. The topological polar surface area (TPSA) is 50.7 Å². The fourth-order valence-corrected chi connectivity index (χ4v) is 4.40. The lowest BCUT2D eigenvalue weighted by atomic mass is 10.1. The van der Waals surface area contributed by atoms with Gasteiger partial charge in [-0.1, -0.05) is 42.1 Å². The Labute approximate surface area is 178 Å². The van der Waals surface area contributed by atoms with Gasteiger partial charge in [-0.2, -0.15) is 13.2 Å². The number of aromatic nitrogens is 3. The second kappa shape index (κ2) is 7.41. The lowest BCUT2D eigenvalue weighted by Crippen LogP contribution is -2.22. The number of hydrogen-bond donors (Lipinski definition) is 1. The molecule has 0 radical (unpaired) electrons. The van der Waals surface area contributed by atoms with E-state index in [0.29, 0.717) is 5.56 Å². The number of fused-ring (bicyclic) bond motifs is 1. The summed E-state index contributed by atoms with van der Waals surface area (Å²) < 4.78 is 43.3. The van der Waals surface area contributed by atoms with Gasteiger partial charge in [0.25, 0.3) is 5.56 Å². The van der Waals surface area contributed by atoms with Crippen LogP contribution >= 0.6 is 35.4 Å². The Hall–Kier alpha value is -1.90. The molecular weight excluding hydrogens is 446 g/mol. The molecule has 2 aromatic heterocycles. The third-order valence-electron chi connectivity index (χ3n) is 5.11. The van der Waals surface area contributed by atoms with Gasteiger partial charge in [-0.25, -0.2) is 4.98 Å². The maximum Gasteiger partial charge on any atom is 0.417 e. The Morgan fingerprint density at radius 2 is 1.83 bits per heavy atom. The number of halogens is 5. The van der Waals surface area contributed by atoms with Crippen LogP contribution in [0, 0.1) is 4.77 Å². The molecule has 152 valence electrons. The van der Waals surface area contributed by atoms with Gasteiger partial charge in [0.05, 0.1) is 26.7 Å². The molecule has 1 saturated carbocycles. The Morgan fingerprint density at radius 3 is 2.45 bits per heavy atom. The molecule has 1 N–H and O–H groups in total. The van der Waals surface area contributed by atoms with Crippen LogP contribution in [0.2, 0.25) is 10.0 Å². The predicted octanol–water partition coefficient (Wildman–Crippen LogP) is 6.56. The summed E-state index contributed by atoms with van der Waals surface area (Å²) in [5.74, 6) is 0. The van der Waals surface area contributed by atoms with Crippen molar-refractivity contribution < 1.29 is 13.2 Å². The highest BCUT2D eigenvalue weighted by molar-refractivity contribution is 7.71. The normalized spacial score (nSPS) is 15.3. The molecule has 0 atom stereocenters. The second-order valence-electron chi connectivity index (χ2n) is 6.95. The van der Waals surface area contributed by atoms with E-state index in [1.165, 1.54) is 18.2 Å². The van der Waals surface area contributed by atoms with Gasteiger partial charge in [0.1, 0.15) is 5.65 Å². The van der Waals surface area contributed by atoms with Crippen LogP contribution in [0.3, 0.4) is 0 Å². The van der Waals surface area contributed by atoms with Gasteiger partial charge >= 0.3 is 6.18 Å². The van der Waals surface area contributed by atoms with E-state index in [-0.39, 0.29) is 32.2 Å². The van der Waals surface area contributed by atoms with Crippen LogP contribution in [0.15, 0.2) is 29.1 Å². The van der Waals surface area contributed by atoms with E-state index < -0.39 is 22.7 Å². The highest BCUT2D eigenvalue weighted by atomic mass is 35.5. The quantitative estimate of drug-likeness (QED) is 0.441. The molecular formula is C19H14Cl2F3N3OS. The summed E-state index contributed by atoms with van der Waals surface area (Å²) in [5, 5.41) is -0.0440. The van der Waals surface area contributed by atoms with Gasteiger partial charge < -0.3 is 0 Å². The lowest BCUT2D eigenvalue weighted by molar-refractivity contribution is -0.136. The minimum atomic E-state index is -4.75. The smallest absolute Gasteiger partial charge is 0.299 e. The fourth-order valence-electron chi connectivity index (χ4n) is 3.77. The van der Waals surface area contributed by atoms with Crippen LogP contribution in [-0.4, -0.2) is 14.5 Å². The van der Waals surface area contributed by atoms with Crippen molar-refractivity contribution >= 4 is 46.5 Å². The Kier molecular flexibility index (Phi) is 5.21. The van der Waals surface area contributed by atoms with Crippen LogP contribution in [0.1, 0.15) is 37.3 Å². The van der Waals surface area contributed by atoms with Crippen molar-refractivity contribution in [2.24, 2.45) is 0 Å². The standard InChI is InChI=1S/C19H14Cl2F3N3OS/c20-12-6-5-9(7-13(12)21)14-8-11(19(22,23)24)15-16(25-14)27(10-3-1-2-4-10)18(29)26-17(15)28/h5-8,10H,1-4H2,(H,26,28,29). The molecule has 0 bridgehead atoms. The van der Waals surface area contributed by atoms with Crippen molar-refractivity contribution in [3.05, 3.63) is 55.0 Å². The first-order chi connectivity index (χ1) is 13.7. The zero-order valence-electron chi connectivity index (χ0n) is 14.8. The zero-order valence-corrected chi connectivity index (χ0v) is 17.1. The summed E-state index contributed by atoms with van der Waals surface area (Å²) in [6.45, 7) is 0. The molecule has 2 heterocycles. The van der Waals surface area contributed by atoms with Gasteiger partial charge in [0, 0.05) is 11.6 Å². The number of H-pyrrole nitrogens is 1. The Morgan fingerprint density at radius 1 is 1.14 bits per heavy atom. The molecule has 10 heteroatoms. The van der Waals surface area contributed by atoms with E-state index >= 15 is 0 Å². The minimum absolute atomic E-state index is 0.0372. The van der Waals surface area contributed by atoms with E-state index in [1.54, 1.807) is 4.57 Å². The van der Waals surface area contributed by atoms with Gasteiger partial charge in [-0.15, -0.1) is 0 Å². The molecule has 0 saturated heterocycles. The number of nitrogens with one attached hydrogen (secondary N) is 1. The predicted molar refractivity (Wildman–Crippen MR) is 109 cm³/mol. The Bertz CT molecular complexity index is 1230. The van der Waals surface area contributed by atoms with Crippen molar-refractivity contribution in [2.75, 3.05) is 0 Å². The summed E-state index contributed by atoms with van der Waals surface area (Å²) in [7, 11) is 0. The maximum atomic E-state index is 13.9. The largest absolute Gasteiger partial charge is 0.417 e. The summed E-state index contributed by atoms with van der Waals surface area (Å²) in [6, 6.07) is 5.21. The average Bonchev–Trinajstić information content (AvgIpc) is 3.16. The van der Waals surface area contributed by atoms with E-state index in [9.17, 15) is 18.0 Å². The van der Waals surface area contributed by atoms with Crippen molar-refractivity contribution in [1.29, 1.82) is 0 Å². The molecule has 0 unspecified atom stereocenters. The minimum Gasteiger partial charge on any atom is -0.299 e. The zero-order chi connectivity index (χ0) is 20.9. The lowest BCUT2D eigenvalue weighted by Gasteiger charge is -2.20. The monoisotopic (exact) mass is 459 g/mol. The van der Waals surface area contributed by atoms with Crippen molar-refractivity contribution in [3.8, 4) is 11.3 Å². The summed E-state index contributed by atoms with van der Waals surface area (Å²) >= 11 is 17.2. The van der Waals surface area contributed by atoms with Gasteiger partial charge in [0.2, 0.25) is 0 Å². The summed E-state index contributed by atoms with van der Waals surface area (Å²) in [6.07, 6.45) is -1.36. The van der Waals surface area contributed by atoms with Crippen molar-refractivity contribution in [2.45, 2.75) is 37.9 Å². The van der Waals surface area contributed by atoms with E-state index in [2.05, 4.69) is 9.97 Å². The fraction of sp³-hybridized carbons (Fsp3) is 0.316. The molecule has 4 rings (SSSR count). The van der Waals surface area contributed by atoms with Crippen LogP contribution < -0.4 is 5.56 Å². The number of aromatic amines is 1. The summed E-state index contributed by atoms with van der Waals surface area (Å²) in [5.41, 5.74) is -1.64. The molecule has 1 fully saturated rings. The van der Waals surface area contributed by atoms with Gasteiger partial charge in [-0.05, 0) is 43.3 Å².